The number of aliphatic hydroxyl groups excluding tert-OH is 1. The largest absolute Gasteiger partial charge is 0.466 e. The Balaban J connectivity index is 2.67. The van der Waals surface area contributed by atoms with E-state index in [4.69, 9.17) is 9.84 Å². The first kappa shape index (κ1) is 16.2. The average molecular weight is 279 g/mol. The van der Waals surface area contributed by atoms with Gasteiger partial charge in [-0.3, -0.25) is 9.59 Å². The van der Waals surface area contributed by atoms with Crippen LogP contribution in [0.5, 0.6) is 0 Å². The summed E-state index contributed by atoms with van der Waals surface area (Å²) in [5.74, 6) is -0.532. The number of ether oxygens (including phenoxy) is 1. The molecule has 0 aromatic heterocycles. The summed E-state index contributed by atoms with van der Waals surface area (Å²) in [5, 5.41) is 9.04. The van der Waals surface area contributed by atoms with Gasteiger partial charge in [-0.05, 0) is 26.0 Å². The predicted molar refractivity (Wildman–Crippen MR) is 75.4 cm³/mol. The monoisotopic (exact) mass is 279 g/mol. The Hall–Kier alpha value is -1.88. The molecular weight excluding hydrogens is 258 g/mol. The fourth-order valence-corrected chi connectivity index (χ4v) is 1.77. The summed E-state index contributed by atoms with van der Waals surface area (Å²) in [7, 11) is 0. The van der Waals surface area contributed by atoms with Crippen molar-refractivity contribution < 1.29 is 19.4 Å². The number of carbonyl (C=O) groups excluding carboxylic acids is 2. The van der Waals surface area contributed by atoms with Crippen LogP contribution in [-0.2, 0) is 9.53 Å². The lowest BCUT2D eigenvalue weighted by molar-refractivity contribution is -0.143. The van der Waals surface area contributed by atoms with E-state index in [0.717, 1.165) is 5.56 Å². The molecule has 5 nitrogen and oxygen atoms in total. The van der Waals surface area contributed by atoms with E-state index in [-0.39, 0.29) is 38.0 Å². The maximum atomic E-state index is 12.3. The van der Waals surface area contributed by atoms with Crippen molar-refractivity contribution in [3.05, 3.63) is 35.4 Å². The van der Waals surface area contributed by atoms with Gasteiger partial charge >= 0.3 is 5.97 Å². The first-order valence-corrected chi connectivity index (χ1v) is 6.71. The normalized spacial score (nSPS) is 10.2. The van der Waals surface area contributed by atoms with E-state index in [1.54, 1.807) is 19.1 Å². The fourth-order valence-electron chi connectivity index (χ4n) is 1.77. The van der Waals surface area contributed by atoms with Gasteiger partial charge in [-0.15, -0.1) is 0 Å². The minimum Gasteiger partial charge on any atom is -0.466 e. The summed E-state index contributed by atoms with van der Waals surface area (Å²) in [5.41, 5.74) is 1.62. The molecule has 0 bridgehead atoms. The molecule has 0 atom stereocenters. The van der Waals surface area contributed by atoms with Crippen LogP contribution in [0.3, 0.4) is 0 Å². The van der Waals surface area contributed by atoms with Crippen LogP contribution in [0.25, 0.3) is 0 Å². The molecule has 1 aromatic carbocycles. The van der Waals surface area contributed by atoms with Crippen molar-refractivity contribution in [1.82, 2.24) is 4.90 Å². The quantitative estimate of drug-likeness (QED) is 0.766. The summed E-state index contributed by atoms with van der Waals surface area (Å²) >= 11 is 0. The van der Waals surface area contributed by atoms with Crippen molar-refractivity contribution in [2.24, 2.45) is 0 Å². The van der Waals surface area contributed by atoms with Crippen LogP contribution in [0, 0.1) is 6.92 Å². The molecule has 0 radical (unpaired) electrons. The number of hydrogen-bond acceptors (Lipinski definition) is 4. The summed E-state index contributed by atoms with van der Waals surface area (Å²) in [4.78, 5) is 25.1. The van der Waals surface area contributed by atoms with Gasteiger partial charge < -0.3 is 14.7 Å². The molecule has 5 heteroatoms. The number of hydrogen-bond donors (Lipinski definition) is 1. The molecule has 0 heterocycles. The molecule has 0 saturated heterocycles. The average Bonchev–Trinajstić information content (AvgIpc) is 2.44. The first-order chi connectivity index (χ1) is 9.58. The molecule has 0 aliphatic heterocycles. The Morgan fingerprint density at radius 3 is 2.40 bits per heavy atom. The highest BCUT2D eigenvalue weighted by atomic mass is 16.5. The number of aliphatic hydroxyl groups is 1. The van der Waals surface area contributed by atoms with E-state index in [1.807, 2.05) is 19.1 Å². The third-order valence-corrected chi connectivity index (χ3v) is 2.85. The van der Waals surface area contributed by atoms with Crippen LogP contribution in [0.15, 0.2) is 24.3 Å². The highest BCUT2D eigenvalue weighted by Gasteiger charge is 2.16. The van der Waals surface area contributed by atoms with Crippen LogP contribution in [0.1, 0.15) is 29.3 Å². The first-order valence-electron chi connectivity index (χ1n) is 6.71. The molecule has 0 unspecified atom stereocenters. The molecule has 1 amide bonds. The van der Waals surface area contributed by atoms with Crippen LogP contribution in [0.2, 0.25) is 0 Å². The summed E-state index contributed by atoms with van der Waals surface area (Å²) in [6, 6.07) is 7.20. The Morgan fingerprint density at radius 2 is 1.85 bits per heavy atom. The van der Waals surface area contributed by atoms with Crippen LogP contribution < -0.4 is 0 Å². The van der Waals surface area contributed by atoms with Gasteiger partial charge in [-0.2, -0.15) is 0 Å². The van der Waals surface area contributed by atoms with E-state index in [0.29, 0.717) is 12.2 Å². The van der Waals surface area contributed by atoms with Crippen molar-refractivity contribution in [1.29, 1.82) is 0 Å². The van der Waals surface area contributed by atoms with Gasteiger partial charge in [0.15, 0.2) is 0 Å². The number of esters is 1. The number of amides is 1. The van der Waals surface area contributed by atoms with Crippen molar-refractivity contribution in [2.45, 2.75) is 20.3 Å². The molecule has 0 saturated carbocycles. The van der Waals surface area contributed by atoms with Crippen molar-refractivity contribution >= 4 is 11.9 Å². The van der Waals surface area contributed by atoms with Gasteiger partial charge in [0.25, 0.3) is 5.91 Å². The van der Waals surface area contributed by atoms with E-state index in [2.05, 4.69) is 0 Å². The van der Waals surface area contributed by atoms with Crippen LogP contribution in [-0.4, -0.2) is 48.2 Å². The van der Waals surface area contributed by atoms with Gasteiger partial charge in [-0.25, -0.2) is 0 Å². The summed E-state index contributed by atoms with van der Waals surface area (Å²) < 4.78 is 4.83. The zero-order chi connectivity index (χ0) is 15.0. The third-order valence-electron chi connectivity index (χ3n) is 2.85. The number of rotatable bonds is 7. The molecule has 20 heavy (non-hydrogen) atoms. The van der Waals surface area contributed by atoms with Gasteiger partial charge in [0.05, 0.1) is 19.6 Å². The second kappa shape index (κ2) is 8.32. The lowest BCUT2D eigenvalue weighted by Gasteiger charge is -2.21. The Kier molecular flexibility index (Phi) is 6.73. The minimum absolute atomic E-state index is 0.130. The lowest BCUT2D eigenvalue weighted by atomic mass is 10.1. The highest BCUT2D eigenvalue weighted by Crippen LogP contribution is 2.08. The number of nitrogens with zero attached hydrogens (tertiary/aromatic N) is 1. The minimum atomic E-state index is -0.341. The zero-order valence-electron chi connectivity index (χ0n) is 12.0. The van der Waals surface area contributed by atoms with Crippen LogP contribution in [0.4, 0.5) is 0 Å². The maximum absolute atomic E-state index is 12.3. The predicted octanol–water partition coefficient (Wildman–Crippen LogP) is 1.38. The van der Waals surface area contributed by atoms with E-state index >= 15 is 0 Å². The van der Waals surface area contributed by atoms with E-state index < -0.39 is 0 Å². The molecular formula is C15H21NO4. The summed E-state index contributed by atoms with van der Waals surface area (Å²) in [6.45, 7) is 4.31. The Morgan fingerprint density at radius 1 is 1.20 bits per heavy atom. The summed E-state index contributed by atoms with van der Waals surface area (Å²) in [6.07, 6.45) is 0.130. The topological polar surface area (TPSA) is 66.8 Å². The van der Waals surface area contributed by atoms with Crippen molar-refractivity contribution in [3.8, 4) is 0 Å². The molecule has 1 rings (SSSR count). The number of aryl methyl sites for hydroxylation is 1. The zero-order valence-corrected chi connectivity index (χ0v) is 12.0. The fraction of sp³-hybridized carbons (Fsp3) is 0.467. The van der Waals surface area contributed by atoms with Crippen molar-refractivity contribution in [3.63, 3.8) is 0 Å². The number of carbonyl (C=O) groups is 2. The smallest absolute Gasteiger partial charge is 0.307 e. The van der Waals surface area contributed by atoms with Gasteiger partial charge in [0, 0.05) is 18.7 Å². The van der Waals surface area contributed by atoms with E-state index in [9.17, 15) is 9.59 Å². The highest BCUT2D eigenvalue weighted by molar-refractivity contribution is 5.94. The lowest BCUT2D eigenvalue weighted by Crippen LogP contribution is -2.35. The van der Waals surface area contributed by atoms with Crippen LogP contribution >= 0.6 is 0 Å². The molecule has 1 aromatic rings. The molecule has 0 aliphatic carbocycles. The molecule has 0 spiro atoms. The van der Waals surface area contributed by atoms with Gasteiger partial charge in [0.2, 0.25) is 0 Å². The molecule has 0 aliphatic rings. The standard InChI is InChI=1S/C15H21NO4/c1-3-20-14(18)8-9-16(10-11-17)15(19)13-6-4-12(2)5-7-13/h4-7,17H,3,8-11H2,1-2H3. The van der Waals surface area contributed by atoms with E-state index in [1.165, 1.54) is 4.90 Å². The molecule has 1 N–H and O–H groups in total. The van der Waals surface area contributed by atoms with Crippen molar-refractivity contribution in [2.75, 3.05) is 26.3 Å². The Labute approximate surface area is 119 Å². The molecule has 110 valence electrons. The third kappa shape index (κ3) is 5.01. The van der Waals surface area contributed by atoms with Gasteiger partial charge in [-0.1, -0.05) is 17.7 Å². The maximum Gasteiger partial charge on any atom is 0.307 e. The second-order valence-corrected chi connectivity index (χ2v) is 4.44. The SMILES string of the molecule is CCOC(=O)CCN(CCO)C(=O)c1ccc(C)cc1. The van der Waals surface area contributed by atoms with Gasteiger partial charge in [0.1, 0.15) is 0 Å². The molecule has 0 fully saturated rings. The number of benzene rings is 1. The Bertz CT molecular complexity index is 442. The second-order valence-electron chi connectivity index (χ2n) is 4.44.